The zero-order valence-electron chi connectivity index (χ0n) is 7.84. The van der Waals surface area contributed by atoms with Crippen LogP contribution in [0.4, 0.5) is 0 Å². The van der Waals surface area contributed by atoms with Gasteiger partial charge in [-0.25, -0.2) is 0 Å². The Labute approximate surface area is 87.2 Å². The summed E-state index contributed by atoms with van der Waals surface area (Å²) < 4.78 is 28.2. The van der Waals surface area contributed by atoms with Gasteiger partial charge in [-0.3, -0.25) is 14.1 Å². The van der Waals surface area contributed by atoms with Gasteiger partial charge in [0.1, 0.15) is 5.75 Å². The predicted molar refractivity (Wildman–Crippen MR) is 54.1 cm³/mol. The van der Waals surface area contributed by atoms with Gasteiger partial charge in [-0.15, -0.1) is 0 Å². The molecule has 0 fully saturated rings. The van der Waals surface area contributed by atoms with Crippen molar-refractivity contribution in [1.29, 1.82) is 0 Å². The van der Waals surface area contributed by atoms with E-state index < -0.39 is 27.7 Å². The summed E-state index contributed by atoms with van der Waals surface area (Å²) in [4.78, 5) is 19.6. The minimum absolute atomic E-state index is 0.331. The molecule has 15 heavy (non-hydrogen) atoms. The molecule has 5 N–H and O–H groups in total. The van der Waals surface area contributed by atoms with Crippen molar-refractivity contribution < 1.29 is 22.6 Å². The van der Waals surface area contributed by atoms with E-state index in [2.05, 4.69) is 24.6 Å². The average molecular weight is 236 g/mol. The number of hydrogen-bond acceptors (Lipinski definition) is 4. The first-order chi connectivity index (χ1) is 6.60. The van der Waals surface area contributed by atoms with Crippen molar-refractivity contribution in [3.8, 4) is 0 Å². The quantitative estimate of drug-likeness (QED) is 0.405. The normalized spacial score (nSPS) is 9.40. The van der Waals surface area contributed by atoms with E-state index in [4.69, 9.17) is 4.55 Å². The third-order valence-corrected chi connectivity index (χ3v) is 1.62. The van der Waals surface area contributed by atoms with E-state index in [1.54, 1.807) is 0 Å². The fourth-order valence-electron chi connectivity index (χ4n) is 0.291. The van der Waals surface area contributed by atoms with Crippen LogP contribution < -0.4 is 11.5 Å². The van der Waals surface area contributed by atoms with Crippen LogP contribution in [-0.4, -0.2) is 30.5 Å². The van der Waals surface area contributed by atoms with Crippen LogP contribution in [0, 0.1) is 0 Å². The van der Waals surface area contributed by atoms with Crippen LogP contribution in [0.15, 0.2) is 24.8 Å². The monoisotopic (exact) mass is 236 g/mol. The summed E-state index contributed by atoms with van der Waals surface area (Å²) >= 11 is 0. The molecule has 0 heterocycles. The lowest BCUT2D eigenvalue weighted by Gasteiger charge is -1.95. The second-order valence-electron chi connectivity index (χ2n) is 2.30. The number of amides is 2. The Morgan fingerprint density at radius 1 is 1.33 bits per heavy atom. The lowest BCUT2D eigenvalue weighted by molar-refractivity contribution is -0.115. The fraction of sp³-hybridized carbons (Fsp3) is 0.143. The molecule has 0 aliphatic heterocycles. The van der Waals surface area contributed by atoms with E-state index in [-0.39, 0.29) is 5.57 Å². The van der Waals surface area contributed by atoms with Crippen LogP contribution >= 0.6 is 0 Å². The third-order valence-electron chi connectivity index (χ3n) is 0.906. The van der Waals surface area contributed by atoms with Crippen LogP contribution in [-0.2, 0) is 19.7 Å². The average Bonchev–Trinajstić information content (AvgIpc) is 2.02. The molecule has 0 spiro atoms. The summed E-state index contributed by atoms with van der Waals surface area (Å²) in [6.07, 6.45) is 1.06. The first-order valence-electron chi connectivity index (χ1n) is 3.44. The van der Waals surface area contributed by atoms with E-state index in [1.165, 1.54) is 0 Å². The molecule has 0 aromatic heterocycles. The van der Waals surface area contributed by atoms with Gasteiger partial charge in [-0.05, 0) is 6.08 Å². The van der Waals surface area contributed by atoms with Gasteiger partial charge < -0.3 is 11.5 Å². The summed E-state index contributed by atoms with van der Waals surface area (Å²) in [5.41, 5.74) is 8.83. The highest BCUT2D eigenvalue weighted by Crippen LogP contribution is 1.93. The lowest BCUT2D eigenvalue weighted by atomic mass is 10.3. The van der Waals surface area contributed by atoms with Gasteiger partial charge in [0.25, 0.3) is 10.1 Å². The fourth-order valence-corrected chi connectivity index (χ4v) is 0.874. The minimum Gasteiger partial charge on any atom is -0.366 e. The highest BCUT2D eigenvalue weighted by molar-refractivity contribution is 7.86. The largest absolute Gasteiger partial charge is 0.366 e. The smallest absolute Gasteiger partial charge is 0.269 e. The first-order valence-corrected chi connectivity index (χ1v) is 5.05. The Bertz CT molecular complexity index is 371. The number of primary amides is 2. The van der Waals surface area contributed by atoms with Crippen molar-refractivity contribution >= 4 is 21.9 Å². The van der Waals surface area contributed by atoms with Gasteiger partial charge >= 0.3 is 0 Å². The van der Waals surface area contributed by atoms with E-state index in [1.807, 2.05) is 0 Å². The third kappa shape index (κ3) is 15.1. The molecule has 8 heteroatoms. The van der Waals surface area contributed by atoms with Crippen molar-refractivity contribution in [3.05, 3.63) is 24.8 Å². The number of carbonyl (C=O) groups is 2. The summed E-state index contributed by atoms with van der Waals surface area (Å²) in [5.74, 6) is -2.22. The molecule has 0 saturated carbocycles. The van der Waals surface area contributed by atoms with Crippen LogP contribution in [0.1, 0.15) is 0 Å². The van der Waals surface area contributed by atoms with Crippen LogP contribution in [0.2, 0.25) is 0 Å². The number of nitrogens with two attached hydrogens (primary N) is 2. The molecule has 0 bridgehead atoms. The number of carbonyl (C=O) groups excluding carboxylic acids is 2. The van der Waals surface area contributed by atoms with Gasteiger partial charge in [0.15, 0.2) is 0 Å². The van der Waals surface area contributed by atoms with Crippen LogP contribution in [0.3, 0.4) is 0 Å². The van der Waals surface area contributed by atoms with Gasteiger partial charge in [0.2, 0.25) is 11.8 Å². The molecular weight excluding hydrogens is 224 g/mol. The molecule has 0 unspecified atom stereocenters. The molecule has 0 rings (SSSR count). The van der Waals surface area contributed by atoms with E-state index >= 15 is 0 Å². The maximum atomic E-state index is 10.1. The van der Waals surface area contributed by atoms with Gasteiger partial charge in [-0.1, -0.05) is 13.2 Å². The Morgan fingerprint density at radius 2 is 1.67 bits per heavy atom. The molecule has 0 aliphatic rings. The van der Waals surface area contributed by atoms with Crippen molar-refractivity contribution in [2.24, 2.45) is 11.5 Å². The molecule has 0 atom stereocenters. The number of hydrogen-bond donors (Lipinski definition) is 3. The molecule has 0 aromatic carbocycles. The first kappa shape index (κ1) is 15.8. The Kier molecular flexibility index (Phi) is 7.09. The summed E-state index contributed by atoms with van der Waals surface area (Å²) in [7, 11) is -4.17. The number of rotatable bonds is 4. The molecule has 0 aliphatic carbocycles. The summed E-state index contributed by atoms with van der Waals surface area (Å²) in [5, 5.41) is 0. The van der Waals surface area contributed by atoms with E-state index in [9.17, 15) is 18.0 Å². The highest BCUT2D eigenvalue weighted by Gasteiger charge is 2.10. The Morgan fingerprint density at radius 3 is 1.73 bits per heavy atom. The Hall–Kier alpha value is -1.67. The van der Waals surface area contributed by atoms with E-state index in [0.29, 0.717) is 0 Å². The molecule has 0 saturated heterocycles. The maximum absolute atomic E-state index is 10.1. The molecule has 0 aromatic rings. The standard InChI is InChI=1S/C4H7NO4S.C3H5NO/c1-3(4(5)6)2-10(7,8)9;1-2-3(4)5/h1-2H2,(H2,5,6)(H,7,8,9);2H,1H2,(H2,4,5). The van der Waals surface area contributed by atoms with Crippen molar-refractivity contribution in [2.45, 2.75) is 0 Å². The topological polar surface area (TPSA) is 141 Å². The zero-order chi connectivity index (χ0) is 12.6. The zero-order valence-corrected chi connectivity index (χ0v) is 8.66. The van der Waals surface area contributed by atoms with Crippen LogP contribution in [0.25, 0.3) is 0 Å². The minimum atomic E-state index is -4.17. The molecular formula is C7H12N2O5S. The van der Waals surface area contributed by atoms with Crippen molar-refractivity contribution in [1.82, 2.24) is 0 Å². The van der Waals surface area contributed by atoms with Gasteiger partial charge in [0.05, 0.1) is 0 Å². The Balaban J connectivity index is 0. The van der Waals surface area contributed by atoms with Gasteiger partial charge in [-0.2, -0.15) is 8.42 Å². The molecule has 0 radical (unpaired) electrons. The SMILES string of the molecule is C=C(CS(=O)(=O)O)C(N)=O.C=CC(N)=O. The van der Waals surface area contributed by atoms with Crippen molar-refractivity contribution in [3.63, 3.8) is 0 Å². The second-order valence-corrected chi connectivity index (χ2v) is 3.75. The maximum Gasteiger partial charge on any atom is 0.269 e. The molecule has 86 valence electrons. The van der Waals surface area contributed by atoms with Crippen LogP contribution in [0.5, 0.6) is 0 Å². The van der Waals surface area contributed by atoms with Crippen molar-refractivity contribution in [2.75, 3.05) is 5.75 Å². The summed E-state index contributed by atoms with van der Waals surface area (Å²) in [6.45, 7) is 6.11. The second kappa shape index (κ2) is 6.74. The molecule has 2 amide bonds. The van der Waals surface area contributed by atoms with E-state index in [0.717, 1.165) is 6.08 Å². The molecule has 7 nitrogen and oxygen atoms in total. The lowest BCUT2D eigenvalue weighted by Crippen LogP contribution is -2.19. The van der Waals surface area contributed by atoms with Gasteiger partial charge in [0, 0.05) is 5.57 Å². The predicted octanol–water partition coefficient (Wildman–Crippen LogP) is -1.43. The highest BCUT2D eigenvalue weighted by atomic mass is 32.2. The summed E-state index contributed by atoms with van der Waals surface area (Å²) in [6, 6.07) is 0.